The Hall–Kier alpha value is -0.170. The van der Waals surface area contributed by atoms with Gasteiger partial charge in [-0.25, -0.2) is 0 Å². The Kier molecular flexibility index (Phi) is 5.22. The van der Waals surface area contributed by atoms with Crippen molar-refractivity contribution in [3.63, 3.8) is 0 Å². The van der Waals surface area contributed by atoms with E-state index in [9.17, 15) is 8.42 Å². The summed E-state index contributed by atoms with van der Waals surface area (Å²) in [6, 6.07) is 0.253. The molecule has 0 aromatic heterocycles. The van der Waals surface area contributed by atoms with E-state index in [-0.39, 0.29) is 6.04 Å². The largest absolute Gasteiger partial charge is 0.316 e. The number of hydrogen-bond acceptors (Lipinski definition) is 3. The summed E-state index contributed by atoms with van der Waals surface area (Å²) in [7, 11) is -1.50. The highest BCUT2D eigenvalue weighted by Gasteiger charge is 2.39. The zero-order valence-electron chi connectivity index (χ0n) is 12.1. The van der Waals surface area contributed by atoms with E-state index in [0.29, 0.717) is 19.0 Å². The van der Waals surface area contributed by atoms with E-state index in [2.05, 4.69) is 12.2 Å². The van der Waals surface area contributed by atoms with Gasteiger partial charge in [0, 0.05) is 26.2 Å². The fraction of sp³-hybridized carbons (Fsp3) is 1.00. The minimum atomic E-state index is -3.22. The summed E-state index contributed by atoms with van der Waals surface area (Å²) >= 11 is 0. The lowest BCUT2D eigenvalue weighted by Gasteiger charge is -2.34. The summed E-state index contributed by atoms with van der Waals surface area (Å²) in [5.74, 6) is 0.461. The van der Waals surface area contributed by atoms with Crippen molar-refractivity contribution in [3.8, 4) is 0 Å². The number of nitrogens with zero attached hydrogens (tertiary/aromatic N) is 2. The second-order valence-corrected chi connectivity index (χ2v) is 7.81. The number of nitrogens with one attached hydrogen (secondary N) is 1. The third-order valence-electron chi connectivity index (χ3n) is 4.09. The molecule has 1 heterocycles. The molecule has 6 heteroatoms. The van der Waals surface area contributed by atoms with Crippen LogP contribution < -0.4 is 5.32 Å². The van der Waals surface area contributed by atoms with Crippen LogP contribution in [0, 0.1) is 5.92 Å². The fourth-order valence-electron chi connectivity index (χ4n) is 2.69. The Morgan fingerprint density at radius 3 is 2.68 bits per heavy atom. The average Bonchev–Trinajstić information content (AvgIpc) is 3.23. The second-order valence-electron chi connectivity index (χ2n) is 5.83. The topological polar surface area (TPSA) is 52.7 Å². The molecule has 5 nitrogen and oxygen atoms in total. The highest BCUT2D eigenvalue weighted by atomic mass is 32.2. The first-order valence-corrected chi connectivity index (χ1v) is 8.89. The lowest BCUT2D eigenvalue weighted by molar-refractivity contribution is 0.245. The summed E-state index contributed by atoms with van der Waals surface area (Å²) in [6.45, 7) is 5.47. The standard InChI is InChI=1S/C13H27N3O2S/c1-3-8-14-10-12-5-4-9-16(11-12)19(17,18)15(2)13-6-7-13/h12-14H,3-11H2,1-2H3. The molecule has 2 fully saturated rings. The summed E-state index contributed by atoms with van der Waals surface area (Å²) < 4.78 is 28.2. The molecule has 0 aromatic rings. The fourth-order valence-corrected chi connectivity index (χ4v) is 4.41. The van der Waals surface area contributed by atoms with Gasteiger partial charge in [-0.3, -0.25) is 0 Å². The minimum absolute atomic E-state index is 0.253. The maximum absolute atomic E-state index is 12.5. The maximum atomic E-state index is 12.5. The van der Waals surface area contributed by atoms with Gasteiger partial charge in [-0.1, -0.05) is 6.92 Å². The molecule has 0 bridgehead atoms. The molecule has 1 unspecified atom stereocenters. The molecule has 0 spiro atoms. The number of hydrogen-bond donors (Lipinski definition) is 1. The molecule has 2 rings (SSSR count). The molecule has 0 amide bonds. The van der Waals surface area contributed by atoms with Crippen LogP contribution in [0.5, 0.6) is 0 Å². The second kappa shape index (κ2) is 6.52. The van der Waals surface area contributed by atoms with E-state index in [0.717, 1.165) is 45.2 Å². The van der Waals surface area contributed by atoms with E-state index in [4.69, 9.17) is 0 Å². The molecule has 2 aliphatic rings. The van der Waals surface area contributed by atoms with E-state index in [1.807, 2.05) is 0 Å². The van der Waals surface area contributed by atoms with Crippen molar-refractivity contribution in [3.05, 3.63) is 0 Å². The van der Waals surface area contributed by atoms with Gasteiger partial charge < -0.3 is 5.32 Å². The quantitative estimate of drug-likeness (QED) is 0.713. The summed E-state index contributed by atoms with van der Waals surface area (Å²) in [4.78, 5) is 0. The van der Waals surface area contributed by atoms with Crippen molar-refractivity contribution in [2.45, 2.75) is 45.1 Å². The van der Waals surface area contributed by atoms with Crippen molar-refractivity contribution in [1.29, 1.82) is 0 Å². The van der Waals surface area contributed by atoms with Crippen molar-refractivity contribution in [2.75, 3.05) is 33.2 Å². The van der Waals surface area contributed by atoms with Crippen LogP contribution in [0.25, 0.3) is 0 Å². The third-order valence-corrected chi connectivity index (χ3v) is 6.10. The Bertz CT molecular complexity index is 381. The first-order valence-electron chi connectivity index (χ1n) is 7.49. The van der Waals surface area contributed by atoms with Gasteiger partial charge in [-0.2, -0.15) is 17.0 Å². The van der Waals surface area contributed by atoms with Crippen molar-refractivity contribution in [2.24, 2.45) is 5.92 Å². The van der Waals surface area contributed by atoms with Gasteiger partial charge in [-0.15, -0.1) is 0 Å². The first kappa shape index (κ1) is 15.2. The van der Waals surface area contributed by atoms with Crippen LogP contribution in [0.3, 0.4) is 0 Å². The van der Waals surface area contributed by atoms with E-state index in [1.54, 1.807) is 15.7 Å². The van der Waals surface area contributed by atoms with Crippen molar-refractivity contribution < 1.29 is 8.42 Å². The molecule has 0 radical (unpaired) electrons. The third kappa shape index (κ3) is 3.90. The number of piperidine rings is 1. The van der Waals surface area contributed by atoms with Gasteiger partial charge >= 0.3 is 0 Å². The minimum Gasteiger partial charge on any atom is -0.316 e. The first-order chi connectivity index (χ1) is 9.05. The molecule has 1 N–H and O–H groups in total. The molecule has 19 heavy (non-hydrogen) atoms. The van der Waals surface area contributed by atoms with Crippen molar-refractivity contribution >= 4 is 10.2 Å². The Labute approximate surface area is 117 Å². The highest BCUT2D eigenvalue weighted by Crippen LogP contribution is 2.30. The van der Waals surface area contributed by atoms with Gasteiger partial charge in [0.15, 0.2) is 0 Å². The monoisotopic (exact) mass is 289 g/mol. The molecule has 1 saturated carbocycles. The Morgan fingerprint density at radius 2 is 2.05 bits per heavy atom. The van der Waals surface area contributed by atoms with Crippen LogP contribution in [-0.2, 0) is 10.2 Å². The molecule has 1 aliphatic carbocycles. The smallest absolute Gasteiger partial charge is 0.281 e. The molecule has 1 saturated heterocycles. The Morgan fingerprint density at radius 1 is 1.32 bits per heavy atom. The summed E-state index contributed by atoms with van der Waals surface area (Å²) in [5.41, 5.74) is 0. The molecule has 1 atom stereocenters. The SMILES string of the molecule is CCCNCC1CCCN(S(=O)(=O)N(C)C2CC2)C1. The predicted molar refractivity (Wildman–Crippen MR) is 77.2 cm³/mol. The summed E-state index contributed by atoms with van der Waals surface area (Å²) in [5, 5.41) is 3.41. The van der Waals surface area contributed by atoms with Gasteiger partial charge in [0.25, 0.3) is 10.2 Å². The number of rotatable bonds is 7. The van der Waals surface area contributed by atoms with Gasteiger partial charge in [0.05, 0.1) is 0 Å². The molecular formula is C13H27N3O2S. The molecular weight excluding hydrogens is 262 g/mol. The molecule has 1 aliphatic heterocycles. The lowest BCUT2D eigenvalue weighted by atomic mass is 10.00. The van der Waals surface area contributed by atoms with Crippen LogP contribution in [0.1, 0.15) is 39.0 Å². The van der Waals surface area contributed by atoms with E-state index in [1.165, 1.54) is 0 Å². The van der Waals surface area contributed by atoms with E-state index < -0.39 is 10.2 Å². The molecule has 112 valence electrons. The van der Waals surface area contributed by atoms with Gasteiger partial charge in [0.1, 0.15) is 0 Å². The van der Waals surface area contributed by atoms with Crippen molar-refractivity contribution in [1.82, 2.24) is 13.9 Å². The van der Waals surface area contributed by atoms with Crippen LogP contribution >= 0.6 is 0 Å². The lowest BCUT2D eigenvalue weighted by Crippen LogP contribution is -2.48. The maximum Gasteiger partial charge on any atom is 0.281 e. The van der Waals surface area contributed by atoms with Gasteiger partial charge in [0.2, 0.25) is 0 Å². The normalized spacial score (nSPS) is 25.9. The average molecular weight is 289 g/mol. The molecule has 0 aromatic carbocycles. The summed E-state index contributed by atoms with van der Waals surface area (Å²) in [6.07, 6.45) is 5.28. The van der Waals surface area contributed by atoms with Crippen LogP contribution in [-0.4, -0.2) is 56.3 Å². The van der Waals surface area contributed by atoms with E-state index >= 15 is 0 Å². The Balaban J connectivity index is 1.88. The van der Waals surface area contributed by atoms with Crippen LogP contribution in [0.4, 0.5) is 0 Å². The highest BCUT2D eigenvalue weighted by molar-refractivity contribution is 7.86. The predicted octanol–water partition coefficient (Wildman–Crippen LogP) is 1.04. The van der Waals surface area contributed by atoms with Crippen LogP contribution in [0.15, 0.2) is 0 Å². The zero-order valence-corrected chi connectivity index (χ0v) is 13.0. The van der Waals surface area contributed by atoms with Crippen LogP contribution in [0.2, 0.25) is 0 Å². The zero-order chi connectivity index (χ0) is 13.9. The van der Waals surface area contributed by atoms with Gasteiger partial charge in [-0.05, 0) is 51.1 Å².